The molecule has 5 heteroatoms. The molecule has 102 valence electrons. The van der Waals surface area contributed by atoms with E-state index < -0.39 is 6.10 Å². The van der Waals surface area contributed by atoms with Crippen LogP contribution in [-0.4, -0.2) is 16.1 Å². The van der Waals surface area contributed by atoms with Crippen LogP contribution in [0.4, 0.5) is 5.82 Å². The normalized spacial score (nSPS) is 13.3. The van der Waals surface area contributed by atoms with Crippen LogP contribution < -0.4 is 5.32 Å². The lowest BCUT2D eigenvalue weighted by Crippen LogP contribution is -2.24. The van der Waals surface area contributed by atoms with E-state index in [2.05, 4.69) is 26.2 Å². The summed E-state index contributed by atoms with van der Waals surface area (Å²) in [5.41, 5.74) is 1.35. The number of rotatable bonds is 4. The average Bonchev–Trinajstić information content (AvgIpc) is 2.48. The van der Waals surface area contributed by atoms with Crippen molar-refractivity contribution in [2.24, 2.45) is 0 Å². The Kier molecular flexibility index (Phi) is 4.72. The molecule has 0 aliphatic rings. The number of aliphatic hydroxyl groups is 1. The molecular formula is C15H14BrN3O. The van der Waals surface area contributed by atoms with Crippen LogP contribution in [0.25, 0.3) is 0 Å². The second-order valence-electron chi connectivity index (χ2n) is 4.47. The molecule has 20 heavy (non-hydrogen) atoms. The summed E-state index contributed by atoms with van der Waals surface area (Å²) >= 11 is 3.37. The van der Waals surface area contributed by atoms with Crippen molar-refractivity contribution < 1.29 is 5.11 Å². The third kappa shape index (κ3) is 3.56. The summed E-state index contributed by atoms with van der Waals surface area (Å²) in [5, 5.41) is 22.1. The van der Waals surface area contributed by atoms with Gasteiger partial charge in [0.05, 0.1) is 17.7 Å². The Hall–Kier alpha value is -1.90. The fourth-order valence-electron chi connectivity index (χ4n) is 1.81. The molecule has 0 saturated carbocycles. The van der Waals surface area contributed by atoms with Crippen molar-refractivity contribution in [3.8, 4) is 6.07 Å². The van der Waals surface area contributed by atoms with Gasteiger partial charge in [0.1, 0.15) is 11.9 Å². The SMILES string of the molecule is C[C@H](Nc1ccc(C#N)cn1)[C@@H](O)c1ccc(Br)cc1. The summed E-state index contributed by atoms with van der Waals surface area (Å²) in [6.45, 7) is 1.88. The number of nitrogens with one attached hydrogen (secondary N) is 1. The quantitative estimate of drug-likeness (QED) is 0.902. The van der Waals surface area contributed by atoms with Gasteiger partial charge >= 0.3 is 0 Å². The minimum atomic E-state index is -0.638. The largest absolute Gasteiger partial charge is 0.386 e. The molecule has 4 nitrogen and oxygen atoms in total. The van der Waals surface area contributed by atoms with E-state index in [4.69, 9.17) is 5.26 Å². The fourth-order valence-corrected chi connectivity index (χ4v) is 2.07. The van der Waals surface area contributed by atoms with E-state index in [0.29, 0.717) is 11.4 Å². The highest BCUT2D eigenvalue weighted by molar-refractivity contribution is 9.10. The Morgan fingerprint density at radius 1 is 1.25 bits per heavy atom. The van der Waals surface area contributed by atoms with E-state index in [1.54, 1.807) is 12.1 Å². The molecule has 0 saturated heterocycles. The van der Waals surface area contributed by atoms with Gasteiger partial charge < -0.3 is 10.4 Å². The van der Waals surface area contributed by atoms with Crippen LogP contribution in [0.3, 0.4) is 0 Å². The number of aliphatic hydroxyl groups excluding tert-OH is 1. The molecule has 2 N–H and O–H groups in total. The number of aromatic nitrogens is 1. The standard InChI is InChI=1S/C15H14BrN3O/c1-10(15(20)12-3-5-13(16)6-4-12)19-14-7-2-11(8-17)9-18-14/h2-7,9-10,15,20H,1H3,(H,18,19)/t10-,15+/m0/s1. The third-order valence-electron chi connectivity index (χ3n) is 2.95. The zero-order valence-corrected chi connectivity index (χ0v) is 12.5. The van der Waals surface area contributed by atoms with E-state index in [9.17, 15) is 5.11 Å². The van der Waals surface area contributed by atoms with Crippen molar-refractivity contribution in [2.75, 3.05) is 5.32 Å². The fraction of sp³-hybridized carbons (Fsp3) is 0.200. The zero-order chi connectivity index (χ0) is 14.5. The number of halogens is 1. The number of nitrogens with zero attached hydrogens (tertiary/aromatic N) is 2. The second-order valence-corrected chi connectivity index (χ2v) is 5.39. The van der Waals surface area contributed by atoms with Gasteiger partial charge in [-0.25, -0.2) is 4.98 Å². The van der Waals surface area contributed by atoms with Crippen LogP contribution in [0.5, 0.6) is 0 Å². The van der Waals surface area contributed by atoms with Gasteiger partial charge in [-0.15, -0.1) is 0 Å². The summed E-state index contributed by atoms with van der Waals surface area (Å²) in [6, 6.07) is 12.8. The van der Waals surface area contributed by atoms with Crippen LogP contribution in [-0.2, 0) is 0 Å². The highest BCUT2D eigenvalue weighted by atomic mass is 79.9. The predicted molar refractivity (Wildman–Crippen MR) is 81.1 cm³/mol. The van der Waals surface area contributed by atoms with Crippen LogP contribution in [0, 0.1) is 11.3 Å². The molecule has 0 amide bonds. The van der Waals surface area contributed by atoms with Gasteiger partial charge in [0.15, 0.2) is 0 Å². The van der Waals surface area contributed by atoms with Gasteiger partial charge in [0, 0.05) is 10.7 Å². The first kappa shape index (κ1) is 14.5. The Balaban J connectivity index is 2.05. The van der Waals surface area contributed by atoms with Gasteiger partial charge in [-0.05, 0) is 36.8 Å². The van der Waals surface area contributed by atoms with E-state index in [1.807, 2.05) is 37.3 Å². The molecule has 1 aromatic carbocycles. The molecule has 1 heterocycles. The summed E-state index contributed by atoms with van der Waals surface area (Å²) in [5.74, 6) is 0.632. The Morgan fingerprint density at radius 2 is 1.95 bits per heavy atom. The van der Waals surface area contributed by atoms with E-state index >= 15 is 0 Å². The molecule has 2 atom stereocenters. The minimum Gasteiger partial charge on any atom is -0.386 e. The maximum absolute atomic E-state index is 10.3. The Morgan fingerprint density at radius 3 is 2.50 bits per heavy atom. The molecule has 2 aromatic rings. The van der Waals surface area contributed by atoms with Crippen molar-refractivity contribution in [1.29, 1.82) is 5.26 Å². The molecular weight excluding hydrogens is 318 g/mol. The van der Waals surface area contributed by atoms with Gasteiger partial charge in [-0.1, -0.05) is 28.1 Å². The molecule has 2 rings (SSSR count). The van der Waals surface area contributed by atoms with Crippen LogP contribution in [0.1, 0.15) is 24.2 Å². The molecule has 0 radical (unpaired) electrons. The van der Waals surface area contributed by atoms with Gasteiger partial charge in [0.25, 0.3) is 0 Å². The molecule has 1 aromatic heterocycles. The predicted octanol–water partition coefficient (Wildman–Crippen LogP) is 3.25. The Bertz CT molecular complexity index is 605. The first-order valence-corrected chi connectivity index (χ1v) is 6.95. The van der Waals surface area contributed by atoms with E-state index in [-0.39, 0.29) is 6.04 Å². The number of nitriles is 1. The van der Waals surface area contributed by atoms with Crippen molar-refractivity contribution in [1.82, 2.24) is 4.98 Å². The van der Waals surface area contributed by atoms with E-state index in [0.717, 1.165) is 10.0 Å². The zero-order valence-electron chi connectivity index (χ0n) is 10.9. The van der Waals surface area contributed by atoms with Gasteiger partial charge in [0.2, 0.25) is 0 Å². The van der Waals surface area contributed by atoms with Crippen molar-refractivity contribution >= 4 is 21.7 Å². The van der Waals surface area contributed by atoms with Crippen molar-refractivity contribution in [3.63, 3.8) is 0 Å². The topological polar surface area (TPSA) is 68.9 Å². The maximum Gasteiger partial charge on any atom is 0.126 e. The lowest BCUT2D eigenvalue weighted by atomic mass is 10.0. The average molecular weight is 332 g/mol. The summed E-state index contributed by atoms with van der Waals surface area (Å²) < 4.78 is 0.975. The number of pyridine rings is 1. The van der Waals surface area contributed by atoms with Crippen LogP contribution >= 0.6 is 15.9 Å². The van der Waals surface area contributed by atoms with Crippen LogP contribution in [0.2, 0.25) is 0 Å². The van der Waals surface area contributed by atoms with Crippen molar-refractivity contribution in [2.45, 2.75) is 19.1 Å². The number of hydrogen-bond donors (Lipinski definition) is 2. The molecule has 0 spiro atoms. The number of hydrogen-bond acceptors (Lipinski definition) is 4. The summed E-state index contributed by atoms with van der Waals surface area (Å²) in [4.78, 5) is 4.13. The highest BCUT2D eigenvalue weighted by Gasteiger charge is 2.16. The third-order valence-corrected chi connectivity index (χ3v) is 3.48. The minimum absolute atomic E-state index is 0.198. The molecule has 0 aliphatic carbocycles. The monoisotopic (exact) mass is 331 g/mol. The maximum atomic E-state index is 10.3. The molecule has 0 aliphatic heterocycles. The molecule has 0 unspecified atom stereocenters. The lowest BCUT2D eigenvalue weighted by molar-refractivity contribution is 0.160. The smallest absolute Gasteiger partial charge is 0.126 e. The first-order valence-electron chi connectivity index (χ1n) is 6.16. The Labute approximate surface area is 126 Å². The van der Waals surface area contributed by atoms with Crippen LogP contribution in [0.15, 0.2) is 47.1 Å². The number of benzene rings is 1. The second kappa shape index (κ2) is 6.51. The summed E-state index contributed by atoms with van der Waals surface area (Å²) in [7, 11) is 0. The highest BCUT2D eigenvalue weighted by Crippen LogP contribution is 2.21. The summed E-state index contributed by atoms with van der Waals surface area (Å²) in [6.07, 6.45) is 0.863. The first-order chi connectivity index (χ1) is 9.60. The molecule has 0 bridgehead atoms. The van der Waals surface area contributed by atoms with Gasteiger partial charge in [-0.2, -0.15) is 5.26 Å². The van der Waals surface area contributed by atoms with E-state index in [1.165, 1.54) is 6.20 Å². The number of anilines is 1. The molecule has 0 fully saturated rings. The lowest BCUT2D eigenvalue weighted by Gasteiger charge is -2.21. The van der Waals surface area contributed by atoms with Gasteiger partial charge in [-0.3, -0.25) is 0 Å². The van der Waals surface area contributed by atoms with Crippen molar-refractivity contribution in [3.05, 3.63) is 58.2 Å².